The Morgan fingerprint density at radius 3 is 2.73 bits per heavy atom. The van der Waals surface area contributed by atoms with Gasteiger partial charge in [-0.3, -0.25) is 4.79 Å². The lowest BCUT2D eigenvalue weighted by Crippen LogP contribution is -2.33. The lowest BCUT2D eigenvalue weighted by molar-refractivity contribution is -0.115. The molecule has 0 aromatic rings. The summed E-state index contributed by atoms with van der Waals surface area (Å²) in [4.78, 5) is 11.5. The zero-order chi connectivity index (χ0) is 16.1. The Morgan fingerprint density at radius 2 is 2.09 bits per heavy atom. The maximum atomic E-state index is 11.5. The minimum Gasteiger partial charge on any atom is -0.392 e. The van der Waals surface area contributed by atoms with Gasteiger partial charge in [-0.15, -0.1) is 0 Å². The van der Waals surface area contributed by atoms with E-state index in [9.17, 15) is 9.90 Å². The number of rotatable bonds is 2. The van der Waals surface area contributed by atoms with Gasteiger partial charge in [0.2, 0.25) is 5.91 Å². The predicted molar refractivity (Wildman–Crippen MR) is 87.9 cm³/mol. The topological polar surface area (TPSA) is 63.3 Å². The number of carbonyl (C=O) groups excluding carboxylic acids is 1. The van der Waals surface area contributed by atoms with E-state index in [0.29, 0.717) is 17.9 Å². The first-order valence-corrected chi connectivity index (χ1v) is 8.46. The van der Waals surface area contributed by atoms with Crippen LogP contribution >= 0.6 is 0 Å². The Bertz CT molecular complexity index is 597. The molecule has 3 atom stereocenters. The zero-order valence-electron chi connectivity index (χ0n) is 13.9. The number of aliphatic hydroxyl groups excluding tert-OH is 1. The average molecular weight is 301 g/mol. The van der Waals surface area contributed by atoms with Gasteiger partial charge in [-0.05, 0) is 48.2 Å². The van der Waals surface area contributed by atoms with Gasteiger partial charge in [0, 0.05) is 17.9 Å². The van der Waals surface area contributed by atoms with Crippen LogP contribution in [0.1, 0.15) is 52.9 Å². The summed E-state index contributed by atoms with van der Waals surface area (Å²) < 4.78 is 0. The first kappa shape index (κ1) is 15.5. The van der Waals surface area contributed by atoms with Crippen LogP contribution in [0.5, 0.6) is 0 Å². The monoisotopic (exact) mass is 301 g/mol. The molecule has 0 heterocycles. The van der Waals surface area contributed by atoms with Crippen LogP contribution in [-0.4, -0.2) is 17.1 Å². The second-order valence-electron chi connectivity index (χ2n) is 7.71. The molecule has 3 aliphatic rings. The highest BCUT2D eigenvalue weighted by molar-refractivity contribution is 5.92. The van der Waals surface area contributed by atoms with Crippen LogP contribution < -0.4 is 5.73 Å². The van der Waals surface area contributed by atoms with Crippen molar-refractivity contribution in [3.05, 3.63) is 34.4 Å². The summed E-state index contributed by atoms with van der Waals surface area (Å²) in [6, 6.07) is 0. The van der Waals surface area contributed by atoms with Crippen molar-refractivity contribution in [1.82, 2.24) is 0 Å². The molecule has 3 nitrogen and oxygen atoms in total. The summed E-state index contributed by atoms with van der Waals surface area (Å²) in [5.74, 6) is 0.265. The van der Waals surface area contributed by atoms with Gasteiger partial charge in [0.1, 0.15) is 0 Å². The third-order valence-electron chi connectivity index (χ3n) is 5.94. The van der Waals surface area contributed by atoms with E-state index in [0.717, 1.165) is 19.3 Å². The zero-order valence-corrected chi connectivity index (χ0v) is 13.9. The normalized spacial score (nSPS) is 34.8. The van der Waals surface area contributed by atoms with Crippen molar-refractivity contribution < 1.29 is 9.90 Å². The molecule has 3 rings (SSSR count). The van der Waals surface area contributed by atoms with Crippen LogP contribution in [0.25, 0.3) is 0 Å². The Balaban J connectivity index is 2.12. The fourth-order valence-corrected chi connectivity index (χ4v) is 4.64. The Labute approximate surface area is 133 Å². The molecule has 3 N–H and O–H groups in total. The van der Waals surface area contributed by atoms with Gasteiger partial charge in [-0.25, -0.2) is 0 Å². The first-order valence-electron chi connectivity index (χ1n) is 8.46. The largest absolute Gasteiger partial charge is 0.392 e. The minimum atomic E-state index is -0.501. The van der Waals surface area contributed by atoms with Crippen molar-refractivity contribution in [3.8, 4) is 0 Å². The third kappa shape index (κ3) is 2.36. The highest BCUT2D eigenvalue weighted by atomic mass is 16.3. The molecule has 0 spiro atoms. The molecule has 22 heavy (non-hydrogen) atoms. The first-order chi connectivity index (χ1) is 10.3. The maximum absolute atomic E-state index is 11.5. The van der Waals surface area contributed by atoms with Crippen LogP contribution in [0.3, 0.4) is 0 Å². The quantitative estimate of drug-likeness (QED) is 0.822. The molecule has 120 valence electrons. The van der Waals surface area contributed by atoms with Crippen LogP contribution in [0.15, 0.2) is 34.4 Å². The van der Waals surface area contributed by atoms with Gasteiger partial charge >= 0.3 is 0 Å². The van der Waals surface area contributed by atoms with Crippen molar-refractivity contribution in [2.24, 2.45) is 23.0 Å². The van der Waals surface area contributed by atoms with Gasteiger partial charge in [0.05, 0.1) is 6.10 Å². The van der Waals surface area contributed by atoms with E-state index < -0.39 is 12.0 Å². The van der Waals surface area contributed by atoms with E-state index in [1.54, 1.807) is 5.57 Å². The Kier molecular flexibility index (Phi) is 3.80. The summed E-state index contributed by atoms with van der Waals surface area (Å²) in [7, 11) is 0. The summed E-state index contributed by atoms with van der Waals surface area (Å²) >= 11 is 0. The molecule has 0 aliphatic heterocycles. The van der Waals surface area contributed by atoms with E-state index in [-0.39, 0.29) is 11.3 Å². The molecule has 3 heteroatoms. The van der Waals surface area contributed by atoms with Gasteiger partial charge in [0.25, 0.3) is 0 Å². The maximum Gasteiger partial charge on any atom is 0.244 e. The van der Waals surface area contributed by atoms with E-state index in [1.165, 1.54) is 17.6 Å². The van der Waals surface area contributed by atoms with E-state index in [1.807, 2.05) is 6.08 Å². The standard InChI is InChI=1S/C19H27NO2/c1-11(2)13-6-8-19(3)9-7-14-15(17(13)19)5-4-12(18(20)22)10-16(14)21/h4-5,11,14,16,21H,6-10H2,1-3H3,(H2,20,22)/t14?,16-,19+/m0/s1. The molecule has 1 saturated carbocycles. The SMILES string of the molecule is CC(C)C1=C2C3=CC=C(C(N)=O)C[C@H](O)C3CC[C@@]2(C)CC1. The Hall–Kier alpha value is -1.35. The fourth-order valence-electron chi connectivity index (χ4n) is 4.64. The molecule has 1 fully saturated rings. The van der Waals surface area contributed by atoms with Crippen molar-refractivity contribution in [3.63, 3.8) is 0 Å². The number of carbonyl (C=O) groups is 1. The molecular formula is C19H27NO2. The van der Waals surface area contributed by atoms with Crippen LogP contribution in [0.4, 0.5) is 0 Å². The average Bonchev–Trinajstić information content (AvgIpc) is 2.71. The molecule has 0 saturated heterocycles. The number of hydrogen-bond acceptors (Lipinski definition) is 2. The summed E-state index contributed by atoms with van der Waals surface area (Å²) in [5, 5.41) is 10.6. The number of fused-ring (bicyclic) bond motifs is 3. The third-order valence-corrected chi connectivity index (χ3v) is 5.94. The molecule has 0 aromatic heterocycles. The van der Waals surface area contributed by atoms with Gasteiger partial charge in [-0.2, -0.15) is 0 Å². The highest BCUT2D eigenvalue weighted by Crippen LogP contribution is 2.57. The van der Waals surface area contributed by atoms with Crippen LogP contribution in [0.2, 0.25) is 0 Å². The number of nitrogens with two attached hydrogens (primary N) is 1. The molecule has 0 aromatic carbocycles. The van der Waals surface area contributed by atoms with Crippen molar-refractivity contribution >= 4 is 5.91 Å². The second kappa shape index (κ2) is 5.38. The van der Waals surface area contributed by atoms with E-state index in [2.05, 4.69) is 26.8 Å². The molecule has 1 amide bonds. The lowest BCUT2D eigenvalue weighted by atomic mass is 9.64. The van der Waals surface area contributed by atoms with Crippen molar-refractivity contribution in [1.29, 1.82) is 0 Å². The minimum absolute atomic E-state index is 0.142. The van der Waals surface area contributed by atoms with Crippen LogP contribution in [0, 0.1) is 17.3 Å². The molecule has 0 radical (unpaired) electrons. The Morgan fingerprint density at radius 1 is 1.36 bits per heavy atom. The van der Waals surface area contributed by atoms with Gasteiger partial charge < -0.3 is 10.8 Å². The summed E-state index contributed by atoms with van der Waals surface area (Å²) in [5.41, 5.74) is 10.5. The predicted octanol–water partition coefficient (Wildman–Crippen LogP) is 3.25. The number of allylic oxidation sites excluding steroid dienone is 4. The van der Waals surface area contributed by atoms with E-state index >= 15 is 0 Å². The second-order valence-corrected chi connectivity index (χ2v) is 7.71. The highest BCUT2D eigenvalue weighted by Gasteiger charge is 2.46. The molecule has 3 aliphatic carbocycles. The number of primary amides is 1. The van der Waals surface area contributed by atoms with Gasteiger partial charge in [0.15, 0.2) is 0 Å². The number of hydrogen-bond donors (Lipinski definition) is 2. The molecule has 0 bridgehead atoms. The fraction of sp³-hybridized carbons (Fsp3) is 0.632. The van der Waals surface area contributed by atoms with Crippen LogP contribution in [-0.2, 0) is 4.79 Å². The van der Waals surface area contributed by atoms with Crippen molar-refractivity contribution in [2.75, 3.05) is 0 Å². The number of aliphatic hydroxyl groups is 1. The molecule has 1 unspecified atom stereocenters. The van der Waals surface area contributed by atoms with E-state index in [4.69, 9.17) is 5.73 Å². The van der Waals surface area contributed by atoms with Gasteiger partial charge in [-0.1, -0.05) is 38.5 Å². The smallest absolute Gasteiger partial charge is 0.244 e. The number of amides is 1. The lowest BCUT2D eigenvalue weighted by Gasteiger charge is -2.41. The summed E-state index contributed by atoms with van der Waals surface area (Å²) in [6.07, 6.45) is 8.29. The molecular weight excluding hydrogens is 274 g/mol. The van der Waals surface area contributed by atoms with Crippen molar-refractivity contribution in [2.45, 2.75) is 59.0 Å². The summed E-state index contributed by atoms with van der Waals surface area (Å²) in [6.45, 7) is 6.89.